The Bertz CT molecular complexity index is 3020. The Morgan fingerprint density at radius 3 is 1.73 bits per heavy atom. The smallest absolute Gasteiger partial charge is 0.164 e. The normalized spacial score (nSPS) is 12.5. The minimum atomic E-state index is -0.229. The standard InChI is InChI=1S/C45H28N4S.CH3/c1-3-12-29(13-4-1)43-46-44(30-14-5-2-6-15-30)48-45(47-43)31-22-25-33(26-23-31)49-39-20-9-7-16-35(39)36-27-24-32(28-40(36)49)34-18-11-19-38-37-17-8-10-21-41(37)50-42(34)38;/h1-28H;1H3/q;-1/i22D,23D,25D,26D;. The molecule has 0 saturated heterocycles. The second-order valence-electron chi connectivity index (χ2n) is 12.1. The van der Waals surface area contributed by atoms with Gasteiger partial charge in [-0.25, -0.2) is 15.0 Å². The topological polar surface area (TPSA) is 43.6 Å². The fourth-order valence-corrected chi connectivity index (χ4v) is 8.04. The molecule has 3 heterocycles. The molecule has 0 radical (unpaired) electrons. The molecule has 0 aliphatic carbocycles. The Morgan fingerprint density at radius 2 is 1.02 bits per heavy atom. The van der Waals surface area contributed by atoms with Crippen molar-refractivity contribution in [1.82, 2.24) is 19.5 Å². The molecule has 51 heavy (non-hydrogen) atoms. The minimum Gasteiger partial charge on any atom is -0.358 e. The third-order valence-corrected chi connectivity index (χ3v) is 10.4. The Kier molecular flexibility index (Phi) is 6.47. The number of aromatic nitrogens is 4. The highest BCUT2D eigenvalue weighted by Crippen LogP contribution is 2.42. The summed E-state index contributed by atoms with van der Waals surface area (Å²) in [6.45, 7) is 0. The molecule has 4 nitrogen and oxygen atoms in total. The van der Waals surface area contributed by atoms with Crippen LogP contribution >= 0.6 is 11.3 Å². The van der Waals surface area contributed by atoms with Crippen molar-refractivity contribution >= 4 is 53.3 Å². The average molecular weight is 676 g/mol. The average Bonchev–Trinajstić information content (AvgIpc) is 3.76. The lowest BCUT2D eigenvalue weighted by atomic mass is 10.0. The Labute approximate surface area is 305 Å². The van der Waals surface area contributed by atoms with Gasteiger partial charge >= 0.3 is 0 Å². The van der Waals surface area contributed by atoms with Crippen molar-refractivity contribution in [2.24, 2.45) is 0 Å². The maximum Gasteiger partial charge on any atom is 0.164 e. The van der Waals surface area contributed by atoms with Crippen LogP contribution in [0.2, 0.25) is 0 Å². The third kappa shape index (κ3) is 5.18. The molecule has 3 aromatic heterocycles. The van der Waals surface area contributed by atoms with Gasteiger partial charge in [0.15, 0.2) is 17.5 Å². The van der Waals surface area contributed by atoms with E-state index < -0.39 is 0 Å². The van der Waals surface area contributed by atoms with E-state index in [1.165, 1.54) is 20.2 Å². The number of fused-ring (bicyclic) bond motifs is 6. The monoisotopic (exact) mass is 675 g/mol. The summed E-state index contributed by atoms with van der Waals surface area (Å²) >= 11 is 1.77. The van der Waals surface area contributed by atoms with Gasteiger partial charge in [0.1, 0.15) is 0 Å². The molecule has 0 N–H and O–H groups in total. The number of nitrogens with zero attached hydrogens (tertiary/aromatic N) is 4. The summed E-state index contributed by atoms with van der Waals surface area (Å²) in [5, 5.41) is 4.34. The Hall–Kier alpha value is -6.43. The lowest BCUT2D eigenvalue weighted by Gasteiger charge is -2.11. The highest BCUT2D eigenvalue weighted by Gasteiger charge is 2.17. The van der Waals surface area contributed by atoms with E-state index in [2.05, 4.69) is 60.7 Å². The number of hydrogen-bond acceptors (Lipinski definition) is 4. The van der Waals surface area contributed by atoms with Crippen LogP contribution in [0.5, 0.6) is 0 Å². The van der Waals surface area contributed by atoms with E-state index in [4.69, 9.17) is 15.0 Å². The number of rotatable bonds is 5. The lowest BCUT2D eigenvalue weighted by Crippen LogP contribution is -2.00. The lowest BCUT2D eigenvalue weighted by molar-refractivity contribution is 1.07. The van der Waals surface area contributed by atoms with Crippen LogP contribution in [0.1, 0.15) is 5.48 Å². The van der Waals surface area contributed by atoms with E-state index in [9.17, 15) is 5.48 Å². The molecule has 0 amide bonds. The molecular weight excluding hydrogens is 641 g/mol. The molecule has 5 heteroatoms. The van der Waals surface area contributed by atoms with Crippen LogP contribution in [0.25, 0.3) is 93.0 Å². The predicted molar refractivity (Wildman–Crippen MR) is 215 cm³/mol. The molecule has 10 rings (SSSR count). The first-order valence-electron chi connectivity index (χ1n) is 18.4. The predicted octanol–water partition coefficient (Wildman–Crippen LogP) is 12.5. The Balaban J connectivity index is 0.00000397. The maximum atomic E-state index is 9.49. The van der Waals surface area contributed by atoms with Gasteiger partial charge in [-0.2, -0.15) is 0 Å². The van der Waals surface area contributed by atoms with E-state index in [1.807, 2.05) is 89.5 Å². The van der Waals surface area contributed by atoms with Gasteiger partial charge in [-0.3, -0.25) is 0 Å². The molecule has 0 aliphatic heterocycles. The molecule has 0 aliphatic rings. The summed E-state index contributed by atoms with van der Waals surface area (Å²) in [4.78, 5) is 14.2. The summed E-state index contributed by atoms with van der Waals surface area (Å²) in [5.41, 5.74) is 5.36. The number of benzene rings is 7. The summed E-state index contributed by atoms with van der Waals surface area (Å²) in [6, 6.07) is 47.2. The largest absolute Gasteiger partial charge is 0.358 e. The van der Waals surface area contributed by atoms with E-state index in [0.717, 1.165) is 44.1 Å². The van der Waals surface area contributed by atoms with E-state index in [1.54, 1.807) is 11.3 Å². The molecule has 0 fully saturated rings. The summed E-state index contributed by atoms with van der Waals surface area (Å²) < 4.78 is 42.1. The van der Waals surface area contributed by atoms with Gasteiger partial charge in [0.2, 0.25) is 0 Å². The van der Waals surface area contributed by atoms with Crippen molar-refractivity contribution in [3.8, 4) is 51.0 Å². The Morgan fingerprint density at radius 1 is 0.451 bits per heavy atom. The second kappa shape index (κ2) is 12.5. The molecule has 0 saturated carbocycles. The fourth-order valence-electron chi connectivity index (χ4n) is 6.80. The third-order valence-electron chi connectivity index (χ3n) is 9.15. The first kappa shape index (κ1) is 26.4. The van der Waals surface area contributed by atoms with Gasteiger partial charge in [-0.05, 0) is 53.5 Å². The minimum absolute atomic E-state index is 0. The van der Waals surface area contributed by atoms with Gasteiger partial charge in [-0.1, -0.05) is 127 Å². The van der Waals surface area contributed by atoms with Gasteiger partial charge in [0.05, 0.1) is 16.5 Å². The number of para-hydroxylation sites is 1. The molecule has 0 bridgehead atoms. The van der Waals surface area contributed by atoms with Crippen LogP contribution < -0.4 is 0 Å². The zero-order chi connectivity index (χ0) is 36.5. The summed E-state index contributed by atoms with van der Waals surface area (Å²) in [7, 11) is 0. The van der Waals surface area contributed by atoms with Crippen molar-refractivity contribution in [2.75, 3.05) is 0 Å². The highest BCUT2D eigenvalue weighted by atomic mass is 32.1. The second-order valence-corrected chi connectivity index (χ2v) is 13.2. The zero-order valence-electron chi connectivity index (χ0n) is 31.6. The quantitative estimate of drug-likeness (QED) is 0.171. The molecule has 0 unspecified atom stereocenters. The van der Waals surface area contributed by atoms with E-state index in [0.29, 0.717) is 11.6 Å². The van der Waals surface area contributed by atoms with E-state index >= 15 is 0 Å². The molecule has 242 valence electrons. The molecule has 0 atom stereocenters. The van der Waals surface area contributed by atoms with Crippen LogP contribution in [0, 0.1) is 7.43 Å². The summed E-state index contributed by atoms with van der Waals surface area (Å²) in [5.74, 6) is 0.833. The number of thiophene rings is 1. The van der Waals surface area contributed by atoms with E-state index in [-0.39, 0.29) is 48.7 Å². The van der Waals surface area contributed by atoms with Gasteiger partial charge < -0.3 is 12.0 Å². The van der Waals surface area contributed by atoms with Crippen LogP contribution in [0.15, 0.2) is 170 Å². The van der Waals surface area contributed by atoms with Crippen LogP contribution in [-0.2, 0) is 0 Å². The van der Waals surface area contributed by atoms with Gasteiger partial charge in [-0.15, -0.1) is 11.3 Å². The fraction of sp³-hybridized carbons (Fsp3) is 0. The van der Waals surface area contributed by atoms with Crippen molar-refractivity contribution in [3.05, 3.63) is 177 Å². The van der Waals surface area contributed by atoms with Crippen molar-refractivity contribution in [2.45, 2.75) is 0 Å². The highest BCUT2D eigenvalue weighted by molar-refractivity contribution is 7.26. The number of hydrogen-bond donors (Lipinski definition) is 0. The van der Waals surface area contributed by atoms with Crippen molar-refractivity contribution in [1.29, 1.82) is 0 Å². The van der Waals surface area contributed by atoms with Gasteiger partial charge in [0.25, 0.3) is 0 Å². The SMILES string of the molecule is [2H]c1c([2H])c(-n2c3ccccc3c3ccc(-c4cccc5c4sc4ccccc45)cc32)c([2H])c([2H])c1-c1nc(-c2ccccc2)nc(-c2ccccc2)n1.[CH3-]. The van der Waals surface area contributed by atoms with Crippen molar-refractivity contribution < 1.29 is 5.48 Å². The molecule has 7 aromatic carbocycles. The molecule has 10 aromatic rings. The van der Waals surface area contributed by atoms with Crippen LogP contribution in [-0.4, -0.2) is 19.5 Å². The first-order valence-corrected chi connectivity index (χ1v) is 17.2. The van der Waals surface area contributed by atoms with Crippen LogP contribution in [0.4, 0.5) is 0 Å². The van der Waals surface area contributed by atoms with Gasteiger partial charge in [0, 0.05) is 53.3 Å². The molecule has 0 spiro atoms. The summed E-state index contributed by atoms with van der Waals surface area (Å²) in [6.07, 6.45) is 0. The van der Waals surface area contributed by atoms with Crippen molar-refractivity contribution in [3.63, 3.8) is 0 Å². The zero-order valence-corrected chi connectivity index (χ0v) is 28.4. The maximum absolute atomic E-state index is 9.49. The van der Waals surface area contributed by atoms with Crippen LogP contribution in [0.3, 0.4) is 0 Å². The molecular formula is C46H31N4S-. The first-order chi connectivity index (χ1) is 26.5.